The van der Waals surface area contributed by atoms with Crippen molar-refractivity contribution < 1.29 is 0 Å². The largest absolute Gasteiger partial charge is 0.336 e. The van der Waals surface area contributed by atoms with Crippen LogP contribution in [0.1, 0.15) is 5.69 Å². The van der Waals surface area contributed by atoms with Gasteiger partial charge in [0.05, 0.1) is 12.0 Å². The summed E-state index contributed by atoms with van der Waals surface area (Å²) in [6.45, 7) is 2.62. The van der Waals surface area contributed by atoms with Gasteiger partial charge in [-0.2, -0.15) is 0 Å². The van der Waals surface area contributed by atoms with E-state index in [0.29, 0.717) is 0 Å². The molecule has 0 radical (unpaired) electrons. The highest BCUT2D eigenvalue weighted by molar-refractivity contribution is 7.03. The van der Waals surface area contributed by atoms with E-state index in [4.69, 9.17) is 0 Å². The van der Waals surface area contributed by atoms with Crippen LogP contribution in [0.2, 0.25) is 0 Å². The Morgan fingerprint density at radius 1 is 1.50 bits per heavy atom. The first-order valence-corrected chi connectivity index (χ1v) is 5.21. The average Bonchev–Trinajstić information content (AvgIpc) is 2.86. The number of aromatic nitrogens is 4. The SMILES string of the molecule is c1cn(CCNCc2csnn2)cn1. The van der Waals surface area contributed by atoms with E-state index in [-0.39, 0.29) is 0 Å². The minimum absolute atomic E-state index is 0.783. The monoisotopic (exact) mass is 209 g/mol. The Balaban J connectivity index is 1.65. The van der Waals surface area contributed by atoms with Crippen molar-refractivity contribution in [3.63, 3.8) is 0 Å². The standard InChI is InChI=1S/C8H11N5S/c1(3-13-4-2-10-7-13)9-5-8-6-14-12-11-8/h2,4,6-7,9H,1,3,5H2. The van der Waals surface area contributed by atoms with Gasteiger partial charge in [0.25, 0.3) is 0 Å². The van der Waals surface area contributed by atoms with E-state index in [1.807, 2.05) is 22.5 Å². The summed E-state index contributed by atoms with van der Waals surface area (Å²) in [6.07, 6.45) is 5.54. The summed E-state index contributed by atoms with van der Waals surface area (Å²) in [5, 5.41) is 9.17. The van der Waals surface area contributed by atoms with Gasteiger partial charge < -0.3 is 9.88 Å². The number of rotatable bonds is 5. The van der Waals surface area contributed by atoms with Gasteiger partial charge in [-0.3, -0.25) is 0 Å². The number of nitrogens with zero attached hydrogens (tertiary/aromatic N) is 4. The smallest absolute Gasteiger partial charge is 0.0946 e. The molecule has 2 rings (SSSR count). The molecule has 2 heterocycles. The lowest BCUT2D eigenvalue weighted by Gasteiger charge is -2.02. The van der Waals surface area contributed by atoms with Gasteiger partial charge >= 0.3 is 0 Å². The van der Waals surface area contributed by atoms with Crippen molar-refractivity contribution in [1.29, 1.82) is 0 Å². The predicted octanol–water partition coefficient (Wildman–Crippen LogP) is 0.524. The lowest BCUT2D eigenvalue weighted by Crippen LogP contribution is -2.19. The van der Waals surface area contributed by atoms with Gasteiger partial charge in [-0.05, 0) is 11.5 Å². The first-order chi connectivity index (χ1) is 6.95. The molecule has 0 aromatic carbocycles. The van der Waals surface area contributed by atoms with Gasteiger partial charge in [0.2, 0.25) is 0 Å². The number of hydrogen-bond donors (Lipinski definition) is 1. The summed E-state index contributed by atoms with van der Waals surface area (Å²) in [7, 11) is 0. The molecule has 0 unspecified atom stereocenters. The number of hydrogen-bond acceptors (Lipinski definition) is 5. The Labute approximate surface area is 86.0 Å². The van der Waals surface area contributed by atoms with Gasteiger partial charge in [-0.15, -0.1) is 5.10 Å². The van der Waals surface area contributed by atoms with Crippen LogP contribution in [0.4, 0.5) is 0 Å². The maximum Gasteiger partial charge on any atom is 0.0946 e. The fourth-order valence-corrected chi connectivity index (χ4v) is 1.56. The van der Waals surface area contributed by atoms with E-state index in [1.165, 1.54) is 11.5 Å². The van der Waals surface area contributed by atoms with E-state index >= 15 is 0 Å². The number of imidazole rings is 1. The molecule has 0 bridgehead atoms. The Hall–Kier alpha value is -1.27. The Kier molecular flexibility index (Phi) is 3.20. The van der Waals surface area contributed by atoms with Crippen LogP contribution in [0, 0.1) is 0 Å². The second kappa shape index (κ2) is 4.83. The highest BCUT2D eigenvalue weighted by Gasteiger charge is 1.94. The Morgan fingerprint density at radius 2 is 2.50 bits per heavy atom. The van der Waals surface area contributed by atoms with Crippen LogP contribution in [0.15, 0.2) is 24.1 Å². The molecule has 0 fully saturated rings. The zero-order valence-electron chi connectivity index (χ0n) is 7.63. The van der Waals surface area contributed by atoms with Crippen molar-refractivity contribution in [1.82, 2.24) is 24.5 Å². The molecule has 0 saturated carbocycles. The average molecular weight is 209 g/mol. The third-order valence-electron chi connectivity index (χ3n) is 1.82. The highest BCUT2D eigenvalue weighted by Crippen LogP contribution is 1.95. The second-order valence-corrected chi connectivity index (χ2v) is 3.48. The Bertz CT molecular complexity index is 305. The van der Waals surface area contributed by atoms with Gasteiger partial charge in [0.1, 0.15) is 0 Å². The fraction of sp³-hybridized carbons (Fsp3) is 0.375. The van der Waals surface area contributed by atoms with Crippen molar-refractivity contribution in [3.05, 3.63) is 29.8 Å². The maximum atomic E-state index is 3.97. The van der Waals surface area contributed by atoms with E-state index in [2.05, 4.69) is 19.9 Å². The van der Waals surface area contributed by atoms with Crippen molar-refractivity contribution in [2.24, 2.45) is 0 Å². The molecule has 0 saturated heterocycles. The molecule has 74 valence electrons. The van der Waals surface area contributed by atoms with E-state index in [9.17, 15) is 0 Å². The summed E-state index contributed by atoms with van der Waals surface area (Å²) in [6, 6.07) is 0. The lowest BCUT2D eigenvalue weighted by atomic mass is 10.5. The minimum Gasteiger partial charge on any atom is -0.336 e. The van der Waals surface area contributed by atoms with Crippen LogP contribution >= 0.6 is 11.5 Å². The zero-order valence-corrected chi connectivity index (χ0v) is 8.44. The molecular weight excluding hydrogens is 198 g/mol. The first kappa shape index (κ1) is 9.29. The molecule has 0 atom stereocenters. The third-order valence-corrected chi connectivity index (χ3v) is 2.37. The third kappa shape index (κ3) is 2.61. The molecule has 5 nitrogen and oxygen atoms in total. The van der Waals surface area contributed by atoms with Gasteiger partial charge in [0.15, 0.2) is 0 Å². The van der Waals surface area contributed by atoms with Crippen LogP contribution in [-0.4, -0.2) is 25.7 Å². The summed E-state index contributed by atoms with van der Waals surface area (Å²) in [5.74, 6) is 0. The normalized spacial score (nSPS) is 10.6. The van der Waals surface area contributed by atoms with Crippen LogP contribution < -0.4 is 5.32 Å². The molecule has 14 heavy (non-hydrogen) atoms. The lowest BCUT2D eigenvalue weighted by molar-refractivity contribution is 0.591. The highest BCUT2D eigenvalue weighted by atomic mass is 32.1. The minimum atomic E-state index is 0.783. The summed E-state index contributed by atoms with van der Waals surface area (Å²) < 4.78 is 5.82. The van der Waals surface area contributed by atoms with Crippen LogP contribution in [0.5, 0.6) is 0 Å². The first-order valence-electron chi connectivity index (χ1n) is 4.37. The van der Waals surface area contributed by atoms with E-state index in [0.717, 1.165) is 25.3 Å². The molecule has 2 aromatic heterocycles. The molecule has 0 amide bonds. The van der Waals surface area contributed by atoms with E-state index in [1.54, 1.807) is 6.20 Å². The molecule has 1 N–H and O–H groups in total. The predicted molar refractivity (Wildman–Crippen MR) is 53.8 cm³/mol. The van der Waals surface area contributed by atoms with Crippen molar-refractivity contribution in [2.75, 3.05) is 6.54 Å². The fourth-order valence-electron chi connectivity index (χ4n) is 1.10. The molecule has 0 aliphatic carbocycles. The van der Waals surface area contributed by atoms with Crippen LogP contribution in [0.25, 0.3) is 0 Å². The molecule has 0 aliphatic heterocycles. The number of nitrogens with one attached hydrogen (secondary N) is 1. The Morgan fingerprint density at radius 3 is 3.21 bits per heavy atom. The van der Waals surface area contributed by atoms with Gasteiger partial charge in [-0.1, -0.05) is 4.49 Å². The van der Waals surface area contributed by atoms with Crippen LogP contribution in [-0.2, 0) is 13.1 Å². The second-order valence-electron chi connectivity index (χ2n) is 2.87. The van der Waals surface area contributed by atoms with Crippen molar-refractivity contribution in [2.45, 2.75) is 13.1 Å². The summed E-state index contributed by atoms with van der Waals surface area (Å²) in [4.78, 5) is 3.97. The van der Waals surface area contributed by atoms with Crippen molar-refractivity contribution >= 4 is 11.5 Å². The molecule has 6 heteroatoms. The summed E-state index contributed by atoms with van der Waals surface area (Å²) in [5.41, 5.74) is 1.00. The molecule has 0 spiro atoms. The van der Waals surface area contributed by atoms with Crippen LogP contribution in [0.3, 0.4) is 0 Å². The molecular formula is C8H11N5S. The van der Waals surface area contributed by atoms with Crippen molar-refractivity contribution in [3.8, 4) is 0 Å². The maximum absolute atomic E-state index is 3.97. The topological polar surface area (TPSA) is 55.6 Å². The molecule has 2 aromatic rings. The quantitative estimate of drug-likeness (QED) is 0.730. The summed E-state index contributed by atoms with van der Waals surface area (Å²) >= 11 is 1.38. The van der Waals surface area contributed by atoms with Gasteiger partial charge in [-0.25, -0.2) is 4.98 Å². The van der Waals surface area contributed by atoms with Gasteiger partial charge in [0, 0.05) is 37.4 Å². The zero-order chi connectivity index (χ0) is 9.64. The molecule has 0 aliphatic rings. The van der Waals surface area contributed by atoms with E-state index < -0.39 is 0 Å².